The monoisotopic (exact) mass is 180 g/mol. The Balaban J connectivity index is 2.68. The molecule has 0 fully saturated rings. The molecule has 0 N–H and O–H groups in total. The molecular weight excluding hydrogens is 167 g/mol. The summed E-state index contributed by atoms with van der Waals surface area (Å²) in [7, 11) is 2.23. The lowest BCUT2D eigenvalue weighted by Crippen LogP contribution is -1.79. The van der Waals surface area contributed by atoms with Crippen LogP contribution in [-0.4, -0.2) is 6.61 Å². The highest BCUT2D eigenvalue weighted by molar-refractivity contribution is 7.09. The summed E-state index contributed by atoms with van der Waals surface area (Å²) in [6.45, 7) is 2.74. The maximum Gasteiger partial charge on any atom is 0.0686 e. The van der Waals surface area contributed by atoms with Gasteiger partial charge in [-0.2, -0.15) is 0 Å². The van der Waals surface area contributed by atoms with Crippen LogP contribution in [0.2, 0.25) is 0 Å². The van der Waals surface area contributed by atoms with Gasteiger partial charge in [-0.25, -0.2) is 0 Å². The fraction of sp³-hybridized carbons (Fsp3) is 0.200. The first-order valence-corrected chi connectivity index (χ1v) is 4.35. The first kappa shape index (κ1) is 9.44. The predicted molar refractivity (Wildman–Crippen MR) is 55.9 cm³/mol. The van der Waals surface area contributed by atoms with E-state index < -0.39 is 0 Å². The minimum atomic E-state index is 0.638. The Hall–Kier alpha value is -0.650. The molecule has 12 heavy (non-hydrogen) atoms. The summed E-state index contributed by atoms with van der Waals surface area (Å²) in [4.78, 5) is 0. The summed E-state index contributed by atoms with van der Waals surface area (Å²) in [5.74, 6) is 0. The van der Waals surface area contributed by atoms with Crippen molar-refractivity contribution in [2.24, 2.45) is 0 Å². The van der Waals surface area contributed by atoms with Crippen LogP contribution in [0.3, 0.4) is 0 Å². The van der Waals surface area contributed by atoms with E-state index >= 15 is 0 Å². The van der Waals surface area contributed by atoms with Crippen LogP contribution >= 0.6 is 9.47 Å². The van der Waals surface area contributed by atoms with Crippen molar-refractivity contribution in [2.45, 2.75) is 6.92 Å². The molecule has 0 aromatic heterocycles. The van der Waals surface area contributed by atoms with E-state index in [-0.39, 0.29) is 0 Å². The zero-order valence-corrected chi connectivity index (χ0v) is 8.31. The van der Waals surface area contributed by atoms with E-state index in [1.54, 1.807) is 0 Å². The fourth-order valence-corrected chi connectivity index (χ4v) is 1.12. The third-order valence-corrected chi connectivity index (χ3v) is 1.87. The number of aryl methyl sites for hydroxylation is 1. The van der Waals surface area contributed by atoms with E-state index in [1.807, 2.05) is 18.2 Å². The van der Waals surface area contributed by atoms with E-state index in [1.165, 1.54) is 11.1 Å². The van der Waals surface area contributed by atoms with Gasteiger partial charge >= 0.3 is 0 Å². The Morgan fingerprint density at radius 2 is 2.17 bits per heavy atom. The lowest BCUT2D eigenvalue weighted by Gasteiger charge is -1.97. The smallest absolute Gasteiger partial charge is 0.0686 e. The molecule has 64 valence electrons. The molecule has 1 atom stereocenters. The van der Waals surface area contributed by atoms with Crippen molar-refractivity contribution in [1.29, 1.82) is 0 Å². The minimum absolute atomic E-state index is 0.638. The van der Waals surface area contributed by atoms with Crippen molar-refractivity contribution in [3.63, 3.8) is 0 Å². The summed E-state index contributed by atoms with van der Waals surface area (Å²) in [5.41, 5.74) is 2.54. The zero-order valence-electron chi connectivity index (χ0n) is 7.16. The van der Waals surface area contributed by atoms with Crippen molar-refractivity contribution in [2.75, 3.05) is 6.61 Å². The topological polar surface area (TPSA) is 9.23 Å². The molecule has 1 unspecified atom stereocenters. The molecule has 0 bridgehead atoms. The summed E-state index contributed by atoms with van der Waals surface area (Å²) >= 11 is 0. The molecule has 0 radical (unpaired) electrons. The maximum absolute atomic E-state index is 4.83. The molecule has 0 saturated carbocycles. The van der Waals surface area contributed by atoms with Crippen LogP contribution in [0.15, 0.2) is 30.3 Å². The average Bonchev–Trinajstić information content (AvgIpc) is 2.09. The van der Waals surface area contributed by atoms with Gasteiger partial charge in [0, 0.05) is 9.47 Å². The average molecular weight is 180 g/mol. The van der Waals surface area contributed by atoms with Crippen LogP contribution in [0.5, 0.6) is 0 Å². The maximum atomic E-state index is 4.83. The molecule has 0 spiro atoms. The van der Waals surface area contributed by atoms with E-state index in [9.17, 15) is 0 Å². The van der Waals surface area contributed by atoms with Crippen LogP contribution in [-0.2, 0) is 4.52 Å². The standard InChI is InChI=1S/C10H13OP/c1-9-5-2-3-6-10(9)7-4-8-11-12/h2-7H,8,12H2,1H3/b7-4+. The Kier molecular flexibility index (Phi) is 3.99. The SMILES string of the molecule is Cc1ccccc1/C=C/COP. The number of benzene rings is 1. The predicted octanol–water partition coefficient (Wildman–Crippen LogP) is 2.81. The number of hydrogen-bond acceptors (Lipinski definition) is 1. The van der Waals surface area contributed by atoms with Crippen molar-refractivity contribution in [3.8, 4) is 0 Å². The van der Waals surface area contributed by atoms with Gasteiger partial charge in [0.2, 0.25) is 0 Å². The van der Waals surface area contributed by atoms with Crippen LogP contribution in [0.4, 0.5) is 0 Å². The Bertz CT molecular complexity index is 268. The first-order chi connectivity index (χ1) is 5.84. The van der Waals surface area contributed by atoms with Crippen molar-refractivity contribution >= 4 is 15.5 Å². The molecule has 0 aliphatic rings. The van der Waals surface area contributed by atoms with Gasteiger partial charge in [-0.05, 0) is 18.1 Å². The third-order valence-electron chi connectivity index (χ3n) is 1.68. The van der Waals surface area contributed by atoms with Crippen LogP contribution < -0.4 is 0 Å². The summed E-state index contributed by atoms with van der Waals surface area (Å²) < 4.78 is 4.83. The highest BCUT2D eigenvalue weighted by Gasteiger charge is 1.89. The van der Waals surface area contributed by atoms with Crippen molar-refractivity contribution in [1.82, 2.24) is 0 Å². The Morgan fingerprint density at radius 1 is 1.42 bits per heavy atom. The summed E-state index contributed by atoms with van der Waals surface area (Å²) in [5, 5.41) is 0. The molecule has 0 amide bonds. The molecule has 1 aromatic carbocycles. The lowest BCUT2D eigenvalue weighted by atomic mass is 10.1. The largest absolute Gasteiger partial charge is 0.362 e. The summed E-state index contributed by atoms with van der Waals surface area (Å²) in [6.07, 6.45) is 4.06. The zero-order chi connectivity index (χ0) is 8.81. The fourth-order valence-electron chi connectivity index (χ4n) is 1.00. The second-order valence-electron chi connectivity index (χ2n) is 2.59. The molecular formula is C10H13OP. The van der Waals surface area contributed by atoms with Crippen molar-refractivity contribution < 1.29 is 4.52 Å². The normalized spacial score (nSPS) is 10.8. The van der Waals surface area contributed by atoms with E-state index in [0.717, 1.165) is 0 Å². The number of hydrogen-bond donors (Lipinski definition) is 0. The molecule has 1 aromatic rings. The number of rotatable bonds is 3. The molecule has 1 rings (SSSR count). The highest BCUT2D eigenvalue weighted by atomic mass is 31.0. The van der Waals surface area contributed by atoms with E-state index in [4.69, 9.17) is 4.52 Å². The molecule has 1 nitrogen and oxygen atoms in total. The van der Waals surface area contributed by atoms with Gasteiger partial charge in [0.15, 0.2) is 0 Å². The van der Waals surface area contributed by atoms with Crippen molar-refractivity contribution in [3.05, 3.63) is 41.5 Å². The second kappa shape index (κ2) is 5.08. The van der Waals surface area contributed by atoms with E-state index in [2.05, 4.69) is 34.6 Å². The van der Waals surface area contributed by atoms with Gasteiger partial charge < -0.3 is 4.52 Å². The van der Waals surface area contributed by atoms with Gasteiger partial charge in [0.05, 0.1) is 6.61 Å². The minimum Gasteiger partial charge on any atom is -0.362 e. The first-order valence-electron chi connectivity index (χ1n) is 3.88. The van der Waals surface area contributed by atoms with Gasteiger partial charge in [-0.1, -0.05) is 36.4 Å². The van der Waals surface area contributed by atoms with Crippen LogP contribution in [0, 0.1) is 6.92 Å². The van der Waals surface area contributed by atoms with Crippen LogP contribution in [0.25, 0.3) is 6.08 Å². The van der Waals surface area contributed by atoms with Crippen LogP contribution in [0.1, 0.15) is 11.1 Å². The molecule has 2 heteroatoms. The van der Waals surface area contributed by atoms with Gasteiger partial charge in [-0.3, -0.25) is 0 Å². The highest BCUT2D eigenvalue weighted by Crippen LogP contribution is 2.08. The molecule has 0 aliphatic carbocycles. The van der Waals surface area contributed by atoms with Gasteiger partial charge in [-0.15, -0.1) is 0 Å². The Morgan fingerprint density at radius 3 is 2.83 bits per heavy atom. The molecule has 0 saturated heterocycles. The quantitative estimate of drug-likeness (QED) is 0.650. The summed E-state index contributed by atoms with van der Waals surface area (Å²) in [6, 6.07) is 8.27. The molecule has 0 aliphatic heterocycles. The second-order valence-corrected chi connectivity index (χ2v) is 2.93. The Labute approximate surface area is 75.7 Å². The lowest BCUT2D eigenvalue weighted by molar-refractivity contribution is 0.428. The molecule has 0 heterocycles. The third kappa shape index (κ3) is 2.77. The van der Waals surface area contributed by atoms with Gasteiger partial charge in [0.25, 0.3) is 0 Å². The van der Waals surface area contributed by atoms with E-state index in [0.29, 0.717) is 6.61 Å². The van der Waals surface area contributed by atoms with Gasteiger partial charge in [0.1, 0.15) is 0 Å².